The summed E-state index contributed by atoms with van der Waals surface area (Å²) in [5.74, 6) is 0. The highest BCUT2D eigenvalue weighted by molar-refractivity contribution is 4.59. The molecule has 1 aliphatic rings. The van der Waals surface area contributed by atoms with E-state index in [4.69, 9.17) is 23.7 Å². The average Bonchev–Trinajstić information content (AvgIpc) is 2.85. The summed E-state index contributed by atoms with van der Waals surface area (Å²) >= 11 is 0. The molecule has 1 aliphatic heterocycles. The van der Waals surface area contributed by atoms with Crippen LogP contribution in [0.4, 0.5) is 0 Å². The zero-order chi connectivity index (χ0) is 24.2. The summed E-state index contributed by atoms with van der Waals surface area (Å²) < 4.78 is 28.1. The predicted molar refractivity (Wildman–Crippen MR) is 141 cm³/mol. The van der Waals surface area contributed by atoms with Crippen LogP contribution in [-0.4, -0.2) is 90.6 Å². The molecule has 0 aliphatic carbocycles. The third kappa shape index (κ3) is 23.5. The largest absolute Gasteiger partial charge is 0.378 e. The Kier molecular flexibility index (Phi) is 25.6. The highest BCUT2D eigenvalue weighted by Crippen LogP contribution is 2.13. The van der Waals surface area contributed by atoms with E-state index in [1.54, 1.807) is 0 Å². The van der Waals surface area contributed by atoms with Crippen molar-refractivity contribution < 1.29 is 23.7 Å². The Morgan fingerprint density at radius 3 is 1.03 bits per heavy atom. The van der Waals surface area contributed by atoms with Crippen LogP contribution >= 0.6 is 0 Å². The maximum absolute atomic E-state index is 5.77. The topological polar surface area (TPSA) is 49.4 Å². The van der Waals surface area contributed by atoms with E-state index in [0.29, 0.717) is 52.9 Å². The minimum atomic E-state index is 0.604. The van der Waals surface area contributed by atoms with Gasteiger partial charge in [0.1, 0.15) is 0 Å². The highest BCUT2D eigenvalue weighted by atomic mass is 16.6. The molecule has 6 nitrogen and oxygen atoms in total. The number of hydrogen-bond donors (Lipinski definition) is 0. The summed E-state index contributed by atoms with van der Waals surface area (Å²) in [6.45, 7) is 11.8. The summed E-state index contributed by atoms with van der Waals surface area (Å²) in [5.41, 5.74) is 0. The normalized spacial score (nSPS) is 19.0. The van der Waals surface area contributed by atoms with Gasteiger partial charge in [0.25, 0.3) is 0 Å². The van der Waals surface area contributed by atoms with Gasteiger partial charge in [0, 0.05) is 13.1 Å². The van der Waals surface area contributed by atoms with Gasteiger partial charge in [-0.1, -0.05) is 90.4 Å². The van der Waals surface area contributed by atoms with Gasteiger partial charge in [-0.2, -0.15) is 0 Å². The molecule has 34 heavy (non-hydrogen) atoms. The molecule has 0 aromatic carbocycles. The van der Waals surface area contributed by atoms with Gasteiger partial charge in [-0.15, -0.1) is 0 Å². The molecule has 6 heteroatoms. The maximum Gasteiger partial charge on any atom is 0.0701 e. The summed E-state index contributed by atoms with van der Waals surface area (Å²) in [6, 6.07) is 0. The van der Waals surface area contributed by atoms with E-state index >= 15 is 0 Å². The lowest BCUT2D eigenvalue weighted by Gasteiger charge is -2.22. The van der Waals surface area contributed by atoms with Gasteiger partial charge >= 0.3 is 0 Å². The van der Waals surface area contributed by atoms with Gasteiger partial charge in [0.15, 0.2) is 0 Å². The minimum Gasteiger partial charge on any atom is -0.378 e. The van der Waals surface area contributed by atoms with Crippen LogP contribution in [0, 0.1) is 0 Å². The third-order valence-electron chi connectivity index (χ3n) is 6.42. The number of unbranched alkanes of at least 4 members (excludes halogenated alkanes) is 13. The van der Waals surface area contributed by atoms with Crippen molar-refractivity contribution in [1.82, 2.24) is 4.90 Å². The van der Waals surface area contributed by atoms with E-state index < -0.39 is 0 Å². The van der Waals surface area contributed by atoms with E-state index in [-0.39, 0.29) is 0 Å². The number of hydrogen-bond acceptors (Lipinski definition) is 6. The van der Waals surface area contributed by atoms with Crippen molar-refractivity contribution in [2.75, 3.05) is 85.7 Å². The molecule has 1 rings (SSSR count). The quantitative estimate of drug-likeness (QED) is 0.269. The first-order valence-corrected chi connectivity index (χ1v) is 14.5. The van der Waals surface area contributed by atoms with Crippen LogP contribution < -0.4 is 0 Å². The molecule has 1 fully saturated rings. The highest BCUT2D eigenvalue weighted by Gasteiger charge is 2.06. The molecule has 0 aromatic rings. The van der Waals surface area contributed by atoms with Crippen LogP contribution in [-0.2, 0) is 23.7 Å². The molecule has 0 N–H and O–H groups in total. The molecule has 0 atom stereocenters. The van der Waals surface area contributed by atoms with E-state index in [0.717, 1.165) is 32.8 Å². The fourth-order valence-corrected chi connectivity index (χ4v) is 4.23. The Labute approximate surface area is 211 Å². The number of ether oxygens (including phenoxy) is 5. The molecule has 0 radical (unpaired) electrons. The Morgan fingerprint density at radius 1 is 0.382 bits per heavy atom. The smallest absolute Gasteiger partial charge is 0.0701 e. The summed E-state index contributed by atoms with van der Waals surface area (Å²) in [7, 11) is 0. The first-order valence-electron chi connectivity index (χ1n) is 14.5. The Hall–Kier alpha value is -0.240. The van der Waals surface area contributed by atoms with Gasteiger partial charge < -0.3 is 23.7 Å². The van der Waals surface area contributed by atoms with Crippen molar-refractivity contribution in [2.45, 2.75) is 96.8 Å². The molecular formula is C28H57NO5. The standard InChI is InChI=1S/C28H57NO5/c1-2-3-4-5-6-7-8-9-10-11-12-13-14-15-16-29-17-19-30-21-23-32-25-27-34-28-26-33-24-22-31-20-18-29/h2-28H2,1H3. The SMILES string of the molecule is CCCCCCCCCCCCCCCCN1CCOCCOCCOCCOCCOCC1. The second-order valence-electron chi connectivity index (χ2n) is 9.50. The number of nitrogens with zero attached hydrogens (tertiary/aromatic N) is 1. The Bertz CT molecular complexity index is 368. The van der Waals surface area contributed by atoms with Gasteiger partial charge in [-0.3, -0.25) is 4.90 Å². The van der Waals surface area contributed by atoms with Gasteiger partial charge in [-0.05, 0) is 13.0 Å². The molecule has 0 unspecified atom stereocenters. The van der Waals surface area contributed by atoms with Crippen LogP contribution in [0.2, 0.25) is 0 Å². The van der Waals surface area contributed by atoms with Crippen molar-refractivity contribution >= 4 is 0 Å². The van der Waals surface area contributed by atoms with Crippen molar-refractivity contribution in [3.05, 3.63) is 0 Å². The second kappa shape index (κ2) is 27.3. The van der Waals surface area contributed by atoms with Crippen LogP contribution in [0.1, 0.15) is 96.8 Å². The molecule has 0 bridgehead atoms. The fraction of sp³-hybridized carbons (Fsp3) is 1.00. The summed E-state index contributed by atoms with van der Waals surface area (Å²) in [5, 5.41) is 0. The summed E-state index contributed by atoms with van der Waals surface area (Å²) in [6.07, 6.45) is 19.6. The lowest BCUT2D eigenvalue weighted by molar-refractivity contribution is -0.0186. The molecule has 0 saturated carbocycles. The predicted octanol–water partition coefficient (Wildman–Crippen LogP) is 5.87. The first kappa shape index (κ1) is 31.8. The molecular weight excluding hydrogens is 430 g/mol. The Morgan fingerprint density at radius 2 is 0.676 bits per heavy atom. The zero-order valence-corrected chi connectivity index (χ0v) is 22.6. The minimum absolute atomic E-state index is 0.604. The lowest BCUT2D eigenvalue weighted by atomic mass is 10.0. The zero-order valence-electron chi connectivity index (χ0n) is 22.6. The summed E-state index contributed by atoms with van der Waals surface area (Å²) in [4.78, 5) is 2.49. The van der Waals surface area contributed by atoms with Gasteiger partial charge in [0.2, 0.25) is 0 Å². The fourth-order valence-electron chi connectivity index (χ4n) is 4.23. The molecule has 0 spiro atoms. The van der Waals surface area contributed by atoms with Crippen molar-refractivity contribution in [2.24, 2.45) is 0 Å². The van der Waals surface area contributed by atoms with E-state index in [1.165, 1.54) is 89.9 Å². The van der Waals surface area contributed by atoms with E-state index in [2.05, 4.69) is 11.8 Å². The van der Waals surface area contributed by atoms with Crippen LogP contribution in [0.25, 0.3) is 0 Å². The molecule has 204 valence electrons. The van der Waals surface area contributed by atoms with Crippen molar-refractivity contribution in [3.63, 3.8) is 0 Å². The Balaban J connectivity index is 2.01. The first-order chi connectivity index (χ1) is 16.9. The van der Waals surface area contributed by atoms with Crippen LogP contribution in [0.15, 0.2) is 0 Å². The third-order valence-corrected chi connectivity index (χ3v) is 6.42. The maximum atomic E-state index is 5.77. The van der Waals surface area contributed by atoms with E-state index in [1.807, 2.05) is 0 Å². The average molecular weight is 488 g/mol. The molecule has 0 aromatic heterocycles. The lowest BCUT2D eigenvalue weighted by Crippen LogP contribution is -2.32. The van der Waals surface area contributed by atoms with Gasteiger partial charge in [-0.25, -0.2) is 0 Å². The molecule has 1 saturated heterocycles. The second-order valence-corrected chi connectivity index (χ2v) is 9.50. The van der Waals surface area contributed by atoms with Crippen LogP contribution in [0.5, 0.6) is 0 Å². The van der Waals surface area contributed by atoms with Gasteiger partial charge in [0.05, 0.1) is 66.1 Å². The van der Waals surface area contributed by atoms with Crippen molar-refractivity contribution in [3.8, 4) is 0 Å². The van der Waals surface area contributed by atoms with E-state index in [9.17, 15) is 0 Å². The molecule has 1 heterocycles. The number of rotatable bonds is 15. The van der Waals surface area contributed by atoms with Crippen LogP contribution in [0.3, 0.4) is 0 Å². The monoisotopic (exact) mass is 487 g/mol. The molecule has 0 amide bonds. The van der Waals surface area contributed by atoms with Crippen molar-refractivity contribution in [1.29, 1.82) is 0 Å².